The maximum Gasteiger partial charge on any atom is 0.252 e. The van der Waals surface area contributed by atoms with Crippen LogP contribution in [-0.2, 0) is 0 Å². The highest BCUT2D eigenvalue weighted by molar-refractivity contribution is 7.10. The van der Waals surface area contributed by atoms with E-state index >= 15 is 0 Å². The van der Waals surface area contributed by atoms with Crippen molar-refractivity contribution in [3.63, 3.8) is 0 Å². The third-order valence-corrected chi connectivity index (χ3v) is 3.96. The number of aliphatic hydroxyl groups is 1. The predicted octanol–water partition coefficient (Wildman–Crippen LogP) is 1.25. The Morgan fingerprint density at radius 2 is 2.23 bits per heavy atom. The highest BCUT2D eigenvalue weighted by Crippen LogP contribution is 2.22. The van der Waals surface area contributed by atoms with Crippen molar-refractivity contribution < 1.29 is 19.7 Å². The molecule has 1 heterocycles. The van der Waals surface area contributed by atoms with E-state index < -0.39 is 12.0 Å². The van der Waals surface area contributed by atoms with Crippen molar-refractivity contribution in [2.75, 3.05) is 19.7 Å². The summed E-state index contributed by atoms with van der Waals surface area (Å²) in [6.45, 7) is 1.33. The molecule has 2 rings (SSSR count). The van der Waals surface area contributed by atoms with Gasteiger partial charge in [-0.1, -0.05) is 6.07 Å². The Morgan fingerprint density at radius 1 is 1.41 bits per heavy atom. The van der Waals surface area contributed by atoms with Crippen LogP contribution in [0.4, 0.5) is 0 Å². The van der Waals surface area contributed by atoms with Crippen molar-refractivity contribution in [1.29, 1.82) is 0 Å². The minimum atomic E-state index is -0.708. The summed E-state index contributed by atoms with van der Waals surface area (Å²) >= 11 is 1.51. The van der Waals surface area contributed by atoms with Gasteiger partial charge in [0.05, 0.1) is 5.56 Å². The second-order valence-electron chi connectivity index (χ2n) is 4.63. The maximum absolute atomic E-state index is 11.1. The molecule has 0 fully saturated rings. The summed E-state index contributed by atoms with van der Waals surface area (Å²) in [5.41, 5.74) is 5.17. The lowest BCUT2D eigenvalue weighted by molar-refractivity contribution is 0.0997. The lowest BCUT2D eigenvalue weighted by atomic mass is 10.2. The average Bonchev–Trinajstić information content (AvgIpc) is 3.02. The molecule has 0 saturated heterocycles. The van der Waals surface area contributed by atoms with Crippen LogP contribution in [0, 0.1) is 0 Å². The fourth-order valence-corrected chi connectivity index (χ4v) is 2.58. The molecular weight excluding hydrogens is 304 g/mol. The number of hydrogen-bond acceptors (Lipinski definition) is 6. The largest absolute Gasteiger partial charge is 0.507 e. The molecule has 1 atom stereocenters. The Kier molecular flexibility index (Phi) is 5.76. The molecular formula is C15H18N2O4S. The zero-order valence-corrected chi connectivity index (χ0v) is 12.7. The van der Waals surface area contributed by atoms with Crippen LogP contribution < -0.4 is 15.8 Å². The Labute approximate surface area is 132 Å². The highest BCUT2D eigenvalue weighted by Gasteiger charge is 2.09. The van der Waals surface area contributed by atoms with Gasteiger partial charge in [-0.25, -0.2) is 0 Å². The Bertz CT molecular complexity index is 616. The second kappa shape index (κ2) is 7.79. The summed E-state index contributed by atoms with van der Waals surface area (Å²) in [6.07, 6.45) is -0.532. The number of aliphatic hydroxyl groups excluding tert-OH is 1. The number of primary amides is 1. The molecule has 0 radical (unpaired) electrons. The summed E-state index contributed by atoms with van der Waals surface area (Å²) in [7, 11) is 0. The van der Waals surface area contributed by atoms with Gasteiger partial charge in [-0.05, 0) is 29.6 Å². The zero-order chi connectivity index (χ0) is 15.9. The van der Waals surface area contributed by atoms with Crippen molar-refractivity contribution in [3.05, 3.63) is 46.2 Å². The molecule has 118 valence electrons. The number of nitrogens with one attached hydrogen (secondary N) is 1. The number of rotatable bonds is 8. The number of ether oxygens (including phenoxy) is 1. The molecule has 1 aromatic carbocycles. The van der Waals surface area contributed by atoms with Crippen LogP contribution >= 0.6 is 11.3 Å². The number of nitrogens with two attached hydrogens (primary N) is 1. The molecule has 0 aliphatic heterocycles. The summed E-state index contributed by atoms with van der Waals surface area (Å²) in [5, 5.41) is 24.4. The number of phenols is 1. The Hall–Kier alpha value is -2.09. The van der Waals surface area contributed by atoms with Crippen LogP contribution in [0.25, 0.3) is 0 Å². The van der Waals surface area contributed by atoms with Crippen LogP contribution in [0.15, 0.2) is 35.7 Å². The van der Waals surface area contributed by atoms with Crippen LogP contribution in [0.2, 0.25) is 0 Å². The van der Waals surface area contributed by atoms with Crippen molar-refractivity contribution >= 4 is 17.2 Å². The van der Waals surface area contributed by atoms with Gasteiger partial charge in [0, 0.05) is 18.0 Å². The molecule has 1 amide bonds. The Morgan fingerprint density at radius 3 is 2.91 bits per heavy atom. The van der Waals surface area contributed by atoms with E-state index in [1.54, 1.807) is 6.07 Å². The number of benzene rings is 1. The quantitative estimate of drug-likeness (QED) is 0.548. The van der Waals surface area contributed by atoms with Gasteiger partial charge >= 0.3 is 0 Å². The highest BCUT2D eigenvalue weighted by atomic mass is 32.1. The van der Waals surface area contributed by atoms with E-state index in [0.717, 1.165) is 4.88 Å². The molecule has 22 heavy (non-hydrogen) atoms. The van der Waals surface area contributed by atoms with E-state index in [2.05, 4.69) is 5.32 Å². The van der Waals surface area contributed by atoms with Crippen molar-refractivity contribution in [1.82, 2.24) is 5.32 Å². The molecule has 1 aromatic heterocycles. The van der Waals surface area contributed by atoms with Crippen LogP contribution in [0.5, 0.6) is 11.5 Å². The fraction of sp³-hybridized carbons (Fsp3) is 0.267. The normalized spacial score (nSPS) is 12.0. The molecule has 2 aromatic rings. The number of amides is 1. The molecule has 0 spiro atoms. The third-order valence-electron chi connectivity index (χ3n) is 2.99. The van der Waals surface area contributed by atoms with Gasteiger partial charge < -0.3 is 26.0 Å². The minimum Gasteiger partial charge on any atom is -0.507 e. The molecule has 0 saturated carbocycles. The maximum atomic E-state index is 11.1. The molecule has 5 N–H and O–H groups in total. The van der Waals surface area contributed by atoms with Crippen LogP contribution in [0.3, 0.4) is 0 Å². The van der Waals surface area contributed by atoms with Gasteiger partial charge in [0.25, 0.3) is 5.91 Å². The predicted molar refractivity (Wildman–Crippen MR) is 84.3 cm³/mol. The summed E-state index contributed by atoms with van der Waals surface area (Å²) in [4.78, 5) is 12.0. The lowest BCUT2D eigenvalue weighted by Gasteiger charge is -2.11. The van der Waals surface area contributed by atoms with Crippen LogP contribution in [-0.4, -0.2) is 35.8 Å². The van der Waals surface area contributed by atoms with E-state index in [0.29, 0.717) is 25.4 Å². The number of carbonyl (C=O) groups excluding carboxylic acids is 1. The monoisotopic (exact) mass is 322 g/mol. The van der Waals surface area contributed by atoms with E-state index in [9.17, 15) is 15.0 Å². The standard InChI is InChI=1S/C15H18N2O4S/c16-15(20)11-8-10(3-4-12(11)18)21-6-5-17-9-13(19)14-2-1-7-22-14/h1-4,7-8,13,17-19H,5-6,9H2,(H2,16,20). The van der Waals surface area contributed by atoms with Gasteiger partial charge in [0.1, 0.15) is 24.2 Å². The van der Waals surface area contributed by atoms with E-state index in [1.807, 2.05) is 17.5 Å². The minimum absolute atomic E-state index is 0.0265. The SMILES string of the molecule is NC(=O)c1cc(OCCNCC(O)c2cccs2)ccc1O. The number of aromatic hydroxyl groups is 1. The molecule has 1 unspecified atom stereocenters. The Balaban J connectivity index is 1.73. The van der Waals surface area contributed by atoms with Crippen molar-refractivity contribution in [3.8, 4) is 11.5 Å². The average molecular weight is 322 g/mol. The molecule has 6 nitrogen and oxygen atoms in total. The van der Waals surface area contributed by atoms with Gasteiger partial charge in [0.15, 0.2) is 0 Å². The summed E-state index contributed by atoms with van der Waals surface area (Å²) < 4.78 is 5.46. The van der Waals surface area contributed by atoms with Gasteiger partial charge in [-0.3, -0.25) is 4.79 Å². The first-order valence-corrected chi connectivity index (χ1v) is 7.63. The van der Waals surface area contributed by atoms with Gasteiger partial charge in [-0.15, -0.1) is 11.3 Å². The molecule has 0 aliphatic rings. The second-order valence-corrected chi connectivity index (χ2v) is 5.61. The van der Waals surface area contributed by atoms with E-state index in [1.165, 1.54) is 23.5 Å². The van der Waals surface area contributed by atoms with Crippen LogP contribution in [0.1, 0.15) is 21.3 Å². The first kappa shape index (κ1) is 16.3. The molecule has 0 aliphatic carbocycles. The number of carbonyl (C=O) groups is 1. The smallest absolute Gasteiger partial charge is 0.252 e. The lowest BCUT2D eigenvalue weighted by Crippen LogP contribution is -2.25. The van der Waals surface area contributed by atoms with Crippen molar-refractivity contribution in [2.24, 2.45) is 5.73 Å². The van der Waals surface area contributed by atoms with E-state index in [4.69, 9.17) is 10.5 Å². The molecule has 0 bridgehead atoms. The van der Waals surface area contributed by atoms with Gasteiger partial charge in [0.2, 0.25) is 0 Å². The third kappa shape index (κ3) is 4.45. The zero-order valence-electron chi connectivity index (χ0n) is 11.9. The number of thiophene rings is 1. The van der Waals surface area contributed by atoms with Gasteiger partial charge in [-0.2, -0.15) is 0 Å². The van der Waals surface area contributed by atoms with E-state index in [-0.39, 0.29) is 11.3 Å². The fourth-order valence-electron chi connectivity index (χ4n) is 1.86. The summed E-state index contributed by atoms with van der Waals surface area (Å²) in [5.74, 6) is -0.426. The first-order valence-electron chi connectivity index (χ1n) is 6.75. The molecule has 7 heteroatoms. The van der Waals surface area contributed by atoms with Crippen molar-refractivity contribution in [2.45, 2.75) is 6.10 Å². The number of hydrogen-bond donors (Lipinski definition) is 4. The topological polar surface area (TPSA) is 105 Å². The first-order chi connectivity index (χ1) is 10.6. The summed E-state index contributed by atoms with van der Waals surface area (Å²) in [6, 6.07) is 8.10.